The predicted octanol–water partition coefficient (Wildman–Crippen LogP) is 4.41. The summed E-state index contributed by atoms with van der Waals surface area (Å²) in [5.74, 6) is 0.793. The van der Waals surface area contributed by atoms with E-state index in [0.29, 0.717) is 6.04 Å². The van der Waals surface area contributed by atoms with Crippen LogP contribution in [0.1, 0.15) is 48.9 Å². The van der Waals surface area contributed by atoms with E-state index in [1.54, 1.807) is 0 Å². The zero-order valence-electron chi connectivity index (χ0n) is 11.0. The highest BCUT2D eigenvalue weighted by Crippen LogP contribution is 2.43. The standard InChI is InChI=1S/C15H22ClN/c1-4-7-17-15(12-5-6-12)13-8-10(2)11(3)9-14(13)16/h8-9,12,15,17H,4-7H2,1-3H3. The Labute approximate surface area is 110 Å². The molecule has 0 saturated heterocycles. The number of benzene rings is 1. The Balaban J connectivity index is 2.25. The second kappa shape index (κ2) is 5.41. The van der Waals surface area contributed by atoms with Gasteiger partial charge >= 0.3 is 0 Å². The maximum absolute atomic E-state index is 6.41. The summed E-state index contributed by atoms with van der Waals surface area (Å²) in [7, 11) is 0. The number of nitrogens with one attached hydrogen (secondary N) is 1. The molecule has 0 aliphatic heterocycles. The normalized spacial score (nSPS) is 17.2. The minimum atomic E-state index is 0.460. The molecule has 0 amide bonds. The van der Waals surface area contributed by atoms with E-state index in [1.165, 1.54) is 36.0 Å². The number of rotatable bonds is 5. The molecule has 2 heteroatoms. The average Bonchev–Trinajstić information content (AvgIpc) is 3.10. The van der Waals surface area contributed by atoms with Crippen LogP contribution in [-0.4, -0.2) is 6.54 Å². The molecule has 1 aliphatic rings. The Bertz CT molecular complexity index is 396. The fourth-order valence-electron chi connectivity index (χ4n) is 2.30. The minimum Gasteiger partial charge on any atom is -0.310 e. The van der Waals surface area contributed by atoms with Crippen LogP contribution >= 0.6 is 11.6 Å². The summed E-state index contributed by atoms with van der Waals surface area (Å²) in [4.78, 5) is 0. The van der Waals surface area contributed by atoms with Gasteiger partial charge < -0.3 is 5.32 Å². The van der Waals surface area contributed by atoms with E-state index in [0.717, 1.165) is 17.5 Å². The molecule has 1 aromatic rings. The highest BCUT2D eigenvalue weighted by molar-refractivity contribution is 6.31. The van der Waals surface area contributed by atoms with Gasteiger partial charge in [0, 0.05) is 11.1 Å². The van der Waals surface area contributed by atoms with Gasteiger partial charge in [-0.1, -0.05) is 24.6 Å². The summed E-state index contributed by atoms with van der Waals surface area (Å²) >= 11 is 6.41. The molecule has 1 fully saturated rings. The lowest BCUT2D eigenvalue weighted by atomic mass is 9.97. The van der Waals surface area contributed by atoms with Crippen molar-refractivity contribution in [3.05, 3.63) is 33.8 Å². The third-order valence-corrected chi connectivity index (χ3v) is 3.98. The summed E-state index contributed by atoms with van der Waals surface area (Å²) in [6.45, 7) is 7.57. The Morgan fingerprint density at radius 1 is 1.29 bits per heavy atom. The van der Waals surface area contributed by atoms with Gasteiger partial charge in [-0.2, -0.15) is 0 Å². The first-order chi connectivity index (χ1) is 8.13. The van der Waals surface area contributed by atoms with E-state index < -0.39 is 0 Å². The smallest absolute Gasteiger partial charge is 0.0456 e. The summed E-state index contributed by atoms with van der Waals surface area (Å²) in [5.41, 5.74) is 3.92. The molecule has 0 aromatic heterocycles. The zero-order chi connectivity index (χ0) is 12.4. The first-order valence-electron chi connectivity index (χ1n) is 6.63. The third-order valence-electron chi connectivity index (χ3n) is 3.66. The van der Waals surface area contributed by atoms with E-state index >= 15 is 0 Å². The Morgan fingerprint density at radius 2 is 1.94 bits per heavy atom. The van der Waals surface area contributed by atoms with Crippen molar-refractivity contribution in [1.82, 2.24) is 5.32 Å². The summed E-state index contributed by atoms with van der Waals surface area (Å²) in [5, 5.41) is 4.58. The van der Waals surface area contributed by atoms with Gasteiger partial charge in [-0.05, 0) is 68.3 Å². The quantitative estimate of drug-likeness (QED) is 0.818. The summed E-state index contributed by atoms with van der Waals surface area (Å²) in [6, 6.07) is 4.83. The fraction of sp³-hybridized carbons (Fsp3) is 0.600. The molecule has 1 nitrogen and oxygen atoms in total. The van der Waals surface area contributed by atoms with Crippen molar-refractivity contribution >= 4 is 11.6 Å². The van der Waals surface area contributed by atoms with Gasteiger partial charge in [0.2, 0.25) is 0 Å². The molecule has 1 saturated carbocycles. The van der Waals surface area contributed by atoms with Crippen LogP contribution < -0.4 is 5.32 Å². The molecule has 17 heavy (non-hydrogen) atoms. The van der Waals surface area contributed by atoms with Crippen molar-refractivity contribution < 1.29 is 0 Å². The van der Waals surface area contributed by atoms with Gasteiger partial charge in [-0.25, -0.2) is 0 Å². The van der Waals surface area contributed by atoms with Crippen molar-refractivity contribution in [3.8, 4) is 0 Å². The largest absolute Gasteiger partial charge is 0.310 e. The lowest BCUT2D eigenvalue weighted by molar-refractivity contribution is 0.481. The first kappa shape index (κ1) is 12.9. The molecule has 2 rings (SSSR count). The van der Waals surface area contributed by atoms with E-state index in [1.807, 2.05) is 0 Å². The van der Waals surface area contributed by atoms with Gasteiger partial charge in [0.1, 0.15) is 0 Å². The molecule has 1 aromatic carbocycles. The van der Waals surface area contributed by atoms with E-state index in [2.05, 4.69) is 38.2 Å². The van der Waals surface area contributed by atoms with E-state index in [4.69, 9.17) is 11.6 Å². The molecule has 1 unspecified atom stereocenters. The van der Waals surface area contributed by atoms with Gasteiger partial charge in [0.05, 0.1) is 0 Å². The SMILES string of the molecule is CCCNC(c1cc(C)c(C)cc1Cl)C1CC1. The topological polar surface area (TPSA) is 12.0 Å². The number of halogens is 1. The summed E-state index contributed by atoms with van der Waals surface area (Å²) in [6.07, 6.45) is 3.85. The number of aryl methyl sites for hydroxylation is 2. The highest BCUT2D eigenvalue weighted by Gasteiger charge is 2.33. The average molecular weight is 252 g/mol. The van der Waals surface area contributed by atoms with Crippen molar-refractivity contribution in [2.24, 2.45) is 5.92 Å². The van der Waals surface area contributed by atoms with Crippen LogP contribution in [0.2, 0.25) is 5.02 Å². The molecule has 0 radical (unpaired) electrons. The van der Waals surface area contributed by atoms with Crippen molar-refractivity contribution in [2.45, 2.75) is 46.1 Å². The summed E-state index contributed by atoms with van der Waals surface area (Å²) < 4.78 is 0. The lowest BCUT2D eigenvalue weighted by Crippen LogP contribution is -2.24. The van der Waals surface area contributed by atoms with Crippen molar-refractivity contribution in [1.29, 1.82) is 0 Å². The second-order valence-electron chi connectivity index (χ2n) is 5.23. The number of hydrogen-bond acceptors (Lipinski definition) is 1. The Hall–Kier alpha value is -0.530. The van der Waals surface area contributed by atoms with Crippen LogP contribution in [0.3, 0.4) is 0 Å². The van der Waals surface area contributed by atoms with Gasteiger partial charge in [-0.3, -0.25) is 0 Å². The predicted molar refractivity (Wildman–Crippen MR) is 74.7 cm³/mol. The van der Waals surface area contributed by atoms with Crippen LogP contribution in [0.4, 0.5) is 0 Å². The lowest BCUT2D eigenvalue weighted by Gasteiger charge is -2.21. The molecule has 0 heterocycles. The monoisotopic (exact) mass is 251 g/mol. The maximum Gasteiger partial charge on any atom is 0.0456 e. The van der Waals surface area contributed by atoms with Gasteiger partial charge in [0.15, 0.2) is 0 Å². The van der Waals surface area contributed by atoms with Crippen LogP contribution in [0.5, 0.6) is 0 Å². The molecule has 0 bridgehead atoms. The van der Waals surface area contributed by atoms with E-state index in [9.17, 15) is 0 Å². The van der Waals surface area contributed by atoms with Crippen LogP contribution in [0.15, 0.2) is 12.1 Å². The first-order valence-corrected chi connectivity index (χ1v) is 7.01. The molecular weight excluding hydrogens is 230 g/mol. The Kier molecular flexibility index (Phi) is 4.11. The molecule has 1 aliphatic carbocycles. The molecule has 1 N–H and O–H groups in total. The van der Waals surface area contributed by atoms with Crippen LogP contribution in [0.25, 0.3) is 0 Å². The van der Waals surface area contributed by atoms with Gasteiger partial charge in [0.25, 0.3) is 0 Å². The van der Waals surface area contributed by atoms with Crippen molar-refractivity contribution in [2.75, 3.05) is 6.54 Å². The number of hydrogen-bond donors (Lipinski definition) is 1. The third kappa shape index (κ3) is 3.02. The molecule has 1 atom stereocenters. The van der Waals surface area contributed by atoms with Gasteiger partial charge in [-0.15, -0.1) is 0 Å². The van der Waals surface area contributed by atoms with Crippen LogP contribution in [-0.2, 0) is 0 Å². The molecule has 94 valence electrons. The zero-order valence-corrected chi connectivity index (χ0v) is 11.8. The second-order valence-corrected chi connectivity index (χ2v) is 5.63. The van der Waals surface area contributed by atoms with E-state index in [-0.39, 0.29) is 0 Å². The minimum absolute atomic E-state index is 0.460. The highest BCUT2D eigenvalue weighted by atomic mass is 35.5. The maximum atomic E-state index is 6.41. The Morgan fingerprint density at radius 3 is 2.53 bits per heavy atom. The van der Waals surface area contributed by atoms with Crippen LogP contribution in [0, 0.1) is 19.8 Å². The van der Waals surface area contributed by atoms with Crippen molar-refractivity contribution in [3.63, 3.8) is 0 Å². The molecule has 0 spiro atoms. The fourth-order valence-corrected chi connectivity index (χ4v) is 2.64. The molecular formula is C15H22ClN.